The molecule has 0 radical (unpaired) electrons. The highest BCUT2D eigenvalue weighted by Crippen LogP contribution is 2.10. The van der Waals surface area contributed by atoms with Crippen molar-refractivity contribution in [2.45, 2.75) is 25.7 Å². The van der Waals surface area contributed by atoms with Gasteiger partial charge in [0, 0.05) is 24.5 Å². The quantitative estimate of drug-likeness (QED) is 0.201. The van der Waals surface area contributed by atoms with Gasteiger partial charge in [-0.05, 0) is 37.1 Å². The van der Waals surface area contributed by atoms with Crippen molar-refractivity contribution in [1.29, 1.82) is 10.8 Å². The van der Waals surface area contributed by atoms with Crippen LogP contribution in [0.2, 0.25) is 0 Å². The van der Waals surface area contributed by atoms with Gasteiger partial charge in [0.1, 0.15) is 0 Å². The Morgan fingerprint density at radius 3 is 1.31 bits per heavy atom. The fourth-order valence-electron chi connectivity index (χ4n) is 2.98. The number of carbonyl (C=O) groups is 2. The van der Waals surface area contributed by atoms with Gasteiger partial charge in [-0.2, -0.15) is 0 Å². The number of guanidine groups is 2. The van der Waals surface area contributed by atoms with Gasteiger partial charge in [-0.25, -0.2) is 9.59 Å². The Bertz CT molecular complexity index is 829. The van der Waals surface area contributed by atoms with E-state index in [4.69, 9.17) is 22.3 Å². The number of nitrogens with one attached hydrogen (secondary N) is 4. The Morgan fingerprint density at radius 1 is 0.656 bits per heavy atom. The third-order valence-corrected chi connectivity index (χ3v) is 4.64. The number of carbonyl (C=O) groups excluding carboxylic acids is 2. The molecule has 4 amide bonds. The number of benzene rings is 2. The monoisotopic (exact) mass is 438 g/mol. The zero-order valence-electron chi connectivity index (χ0n) is 17.9. The first-order chi connectivity index (χ1) is 15.4. The molecule has 32 heavy (non-hydrogen) atoms. The van der Waals surface area contributed by atoms with E-state index in [0.29, 0.717) is 37.3 Å². The summed E-state index contributed by atoms with van der Waals surface area (Å²) < 4.78 is 0. The Morgan fingerprint density at radius 2 is 1.00 bits per heavy atom. The Kier molecular flexibility index (Phi) is 9.51. The summed E-state index contributed by atoms with van der Waals surface area (Å²) >= 11 is 0. The largest absolute Gasteiger partial charge is 0.370 e. The van der Waals surface area contributed by atoms with Crippen molar-refractivity contribution in [3.63, 3.8) is 0 Å². The van der Waals surface area contributed by atoms with E-state index >= 15 is 0 Å². The smallest absolute Gasteiger partial charge is 0.328 e. The number of nitrogens with zero attached hydrogens (tertiary/aromatic N) is 2. The summed E-state index contributed by atoms with van der Waals surface area (Å²) in [6, 6.07) is 17.0. The number of rotatable bonds is 9. The average molecular weight is 439 g/mol. The number of urea groups is 2. The second-order valence-electron chi connectivity index (χ2n) is 7.08. The third-order valence-electron chi connectivity index (χ3n) is 4.64. The number of hydrogen-bond acceptors (Lipinski definition) is 4. The number of hydrogen-bond donors (Lipinski definition) is 6. The molecule has 0 aliphatic carbocycles. The van der Waals surface area contributed by atoms with Crippen molar-refractivity contribution in [2.75, 3.05) is 23.7 Å². The lowest BCUT2D eigenvalue weighted by Crippen LogP contribution is -2.44. The standard InChI is InChI=1S/C22H30N8O2/c23-19(24)29(21(31)27-17-11-5-3-6-12-17)15-9-1-2-10-16-30(20(25)26)22(32)28-18-13-7-4-8-14-18/h3-8,11-14H,1-2,9-10,15-16H2,(H3,23,24)(H3,25,26)(H,27,31)(H,28,32). The molecule has 2 aromatic carbocycles. The SMILES string of the molecule is N=C(N)N(CCCCCCN(C(=N)N)C(=O)Nc1ccccc1)C(=O)Nc1ccccc1. The molecular weight excluding hydrogens is 408 g/mol. The number of anilines is 2. The highest BCUT2D eigenvalue weighted by atomic mass is 16.2. The summed E-state index contributed by atoms with van der Waals surface area (Å²) in [7, 11) is 0. The van der Waals surface area contributed by atoms with Crippen molar-refractivity contribution < 1.29 is 9.59 Å². The molecule has 0 aromatic heterocycles. The maximum atomic E-state index is 12.4. The van der Waals surface area contributed by atoms with Gasteiger partial charge in [-0.15, -0.1) is 0 Å². The van der Waals surface area contributed by atoms with E-state index in [0.717, 1.165) is 12.8 Å². The van der Waals surface area contributed by atoms with Crippen molar-refractivity contribution in [2.24, 2.45) is 11.5 Å². The summed E-state index contributed by atoms with van der Waals surface area (Å²) in [5, 5.41) is 20.7. The minimum atomic E-state index is -0.455. The number of amides is 4. The second kappa shape index (κ2) is 12.6. The third kappa shape index (κ3) is 7.98. The first-order valence-electron chi connectivity index (χ1n) is 10.3. The van der Waals surface area contributed by atoms with Crippen molar-refractivity contribution in [3.05, 3.63) is 60.7 Å². The van der Waals surface area contributed by atoms with E-state index in [1.807, 2.05) is 12.1 Å². The van der Waals surface area contributed by atoms with Gasteiger partial charge in [0.2, 0.25) is 0 Å². The predicted octanol–water partition coefficient (Wildman–Crippen LogP) is 3.40. The normalized spacial score (nSPS) is 10.1. The van der Waals surface area contributed by atoms with Crippen molar-refractivity contribution in [1.82, 2.24) is 9.80 Å². The van der Waals surface area contributed by atoms with Gasteiger partial charge in [-0.1, -0.05) is 49.2 Å². The van der Waals surface area contributed by atoms with Gasteiger partial charge in [0.15, 0.2) is 11.9 Å². The summed E-state index contributed by atoms with van der Waals surface area (Å²) in [4.78, 5) is 27.1. The van der Waals surface area contributed by atoms with Crippen LogP contribution < -0.4 is 22.1 Å². The van der Waals surface area contributed by atoms with Gasteiger partial charge in [0.05, 0.1) is 0 Å². The van der Waals surface area contributed by atoms with Crippen LogP contribution in [0, 0.1) is 10.8 Å². The molecule has 170 valence electrons. The lowest BCUT2D eigenvalue weighted by atomic mass is 10.2. The van der Waals surface area contributed by atoms with Gasteiger partial charge in [-0.3, -0.25) is 20.6 Å². The first-order valence-corrected chi connectivity index (χ1v) is 10.3. The van der Waals surface area contributed by atoms with E-state index in [2.05, 4.69) is 10.6 Å². The highest BCUT2D eigenvalue weighted by molar-refractivity contribution is 6.01. The molecule has 2 rings (SSSR count). The number of para-hydroxylation sites is 2. The lowest BCUT2D eigenvalue weighted by molar-refractivity contribution is 0.230. The van der Waals surface area contributed by atoms with Crippen LogP contribution in [0.5, 0.6) is 0 Å². The zero-order chi connectivity index (χ0) is 23.3. The minimum Gasteiger partial charge on any atom is -0.370 e. The molecule has 0 unspecified atom stereocenters. The Labute approximate surface area is 187 Å². The van der Waals surface area contributed by atoms with Crippen molar-refractivity contribution in [3.8, 4) is 0 Å². The van der Waals surface area contributed by atoms with Crippen LogP contribution in [0.25, 0.3) is 0 Å². The Hall–Kier alpha value is -4.08. The van der Waals surface area contributed by atoms with E-state index < -0.39 is 12.1 Å². The molecule has 2 aromatic rings. The lowest BCUT2D eigenvalue weighted by Gasteiger charge is -2.22. The van der Waals surface area contributed by atoms with Crippen LogP contribution in [-0.4, -0.2) is 46.9 Å². The molecule has 0 aliphatic heterocycles. The van der Waals surface area contributed by atoms with E-state index in [-0.39, 0.29) is 11.9 Å². The second-order valence-corrected chi connectivity index (χ2v) is 7.08. The molecule has 0 fully saturated rings. The number of nitrogens with two attached hydrogens (primary N) is 2. The average Bonchev–Trinajstić information content (AvgIpc) is 2.76. The van der Waals surface area contributed by atoms with Gasteiger partial charge < -0.3 is 22.1 Å². The predicted molar refractivity (Wildman–Crippen MR) is 127 cm³/mol. The van der Waals surface area contributed by atoms with Gasteiger partial charge >= 0.3 is 12.1 Å². The minimum absolute atomic E-state index is 0.304. The van der Waals surface area contributed by atoms with Crippen LogP contribution in [-0.2, 0) is 0 Å². The summed E-state index contributed by atoms with van der Waals surface area (Å²) in [5.41, 5.74) is 12.4. The molecule has 0 bridgehead atoms. The van der Waals surface area contributed by atoms with Crippen molar-refractivity contribution >= 4 is 35.4 Å². The fourth-order valence-corrected chi connectivity index (χ4v) is 2.98. The maximum Gasteiger partial charge on any atom is 0.328 e. The fraction of sp³-hybridized carbons (Fsp3) is 0.273. The molecule has 8 N–H and O–H groups in total. The molecule has 0 spiro atoms. The summed E-state index contributed by atoms with van der Waals surface area (Å²) in [5.74, 6) is -0.641. The molecule has 10 nitrogen and oxygen atoms in total. The van der Waals surface area contributed by atoms with E-state index in [1.165, 1.54) is 9.80 Å². The highest BCUT2D eigenvalue weighted by Gasteiger charge is 2.17. The van der Waals surface area contributed by atoms with Crippen LogP contribution in [0.4, 0.5) is 21.0 Å². The van der Waals surface area contributed by atoms with Gasteiger partial charge in [0.25, 0.3) is 0 Å². The summed E-state index contributed by atoms with van der Waals surface area (Å²) in [6.45, 7) is 0.609. The first kappa shape index (κ1) is 24.2. The molecule has 0 heterocycles. The molecular formula is C22H30N8O2. The number of unbranched alkanes of at least 4 members (excludes halogenated alkanes) is 3. The summed E-state index contributed by atoms with van der Waals surface area (Å²) in [6.07, 6.45) is 2.79. The van der Waals surface area contributed by atoms with Crippen LogP contribution in [0.15, 0.2) is 60.7 Å². The molecule has 0 saturated heterocycles. The zero-order valence-corrected chi connectivity index (χ0v) is 17.9. The molecule has 0 aliphatic rings. The maximum absolute atomic E-state index is 12.4. The molecule has 0 atom stereocenters. The van der Waals surface area contributed by atoms with Crippen LogP contribution >= 0.6 is 0 Å². The van der Waals surface area contributed by atoms with E-state index in [1.54, 1.807) is 48.5 Å². The molecule has 0 saturated carbocycles. The van der Waals surface area contributed by atoms with Crippen LogP contribution in [0.1, 0.15) is 25.7 Å². The Balaban J connectivity index is 1.73. The topological polar surface area (TPSA) is 164 Å². The van der Waals surface area contributed by atoms with E-state index in [9.17, 15) is 9.59 Å². The molecule has 10 heteroatoms. The van der Waals surface area contributed by atoms with Crippen LogP contribution in [0.3, 0.4) is 0 Å².